The van der Waals surface area contributed by atoms with Crippen molar-refractivity contribution in [2.75, 3.05) is 19.6 Å². The number of nitrogens with zero attached hydrogens (tertiary/aromatic N) is 3. The zero-order chi connectivity index (χ0) is 17.0. The molecule has 2 aromatic rings. The minimum Gasteiger partial charge on any atom is -0.479 e. The van der Waals surface area contributed by atoms with Crippen LogP contribution < -0.4 is 0 Å². The minimum atomic E-state index is -0.909. The Morgan fingerprint density at radius 1 is 1.29 bits per heavy atom. The molecule has 1 aliphatic rings. The van der Waals surface area contributed by atoms with Crippen LogP contribution in [0.2, 0.25) is 0 Å². The first-order valence-electron chi connectivity index (χ1n) is 8.29. The maximum absolute atomic E-state index is 11.9. The predicted octanol–water partition coefficient (Wildman–Crippen LogP) is 2.78. The topological polar surface area (TPSA) is 58.4 Å². The van der Waals surface area contributed by atoms with E-state index >= 15 is 0 Å². The Kier molecular flexibility index (Phi) is 4.81. The van der Waals surface area contributed by atoms with Gasteiger partial charge < -0.3 is 5.11 Å². The van der Waals surface area contributed by atoms with Gasteiger partial charge in [0.1, 0.15) is 0 Å². The average Bonchev–Trinajstić information content (AvgIpc) is 3.03. The molecule has 0 atom stereocenters. The second-order valence-electron chi connectivity index (χ2n) is 6.41. The van der Waals surface area contributed by atoms with E-state index < -0.39 is 11.5 Å². The van der Waals surface area contributed by atoms with Gasteiger partial charge in [-0.05, 0) is 30.9 Å². The molecule has 1 fully saturated rings. The summed E-state index contributed by atoms with van der Waals surface area (Å²) in [5.74, 6) is -0.787. The lowest BCUT2D eigenvalue weighted by molar-refractivity contribution is -0.151. The molecule has 0 unspecified atom stereocenters. The third-order valence-corrected chi connectivity index (χ3v) is 4.71. The van der Waals surface area contributed by atoms with E-state index in [1.165, 1.54) is 5.56 Å². The monoisotopic (exact) mass is 325 g/mol. The summed E-state index contributed by atoms with van der Waals surface area (Å²) in [6, 6.07) is 10.2. The second kappa shape index (κ2) is 7.01. The maximum atomic E-state index is 11.9. The van der Waals surface area contributed by atoms with Crippen LogP contribution in [0.1, 0.15) is 24.0 Å². The molecular weight excluding hydrogens is 302 g/mol. The molecule has 3 rings (SSSR count). The van der Waals surface area contributed by atoms with Crippen LogP contribution in [0.25, 0.3) is 6.08 Å². The fourth-order valence-corrected chi connectivity index (χ4v) is 3.20. The molecule has 1 saturated heterocycles. The van der Waals surface area contributed by atoms with E-state index in [2.05, 4.69) is 34.3 Å². The molecule has 1 N–H and O–H groups in total. The van der Waals surface area contributed by atoms with Gasteiger partial charge in [0.2, 0.25) is 0 Å². The summed E-state index contributed by atoms with van der Waals surface area (Å²) < 4.78 is 1.64. The number of hydrogen-bond acceptors (Lipinski definition) is 3. The third kappa shape index (κ3) is 3.41. The molecular formula is C19H23N3O2. The average molecular weight is 325 g/mol. The molecule has 5 heteroatoms. The highest BCUT2D eigenvalue weighted by Gasteiger charge is 2.43. The number of aromatic nitrogens is 2. The van der Waals surface area contributed by atoms with Crippen LogP contribution in [0, 0.1) is 6.92 Å². The molecule has 0 amide bonds. The first kappa shape index (κ1) is 16.5. The number of aryl methyl sites for hydroxylation is 1. The highest BCUT2D eigenvalue weighted by molar-refractivity contribution is 5.76. The summed E-state index contributed by atoms with van der Waals surface area (Å²) in [6.07, 6.45) is 8.95. The zero-order valence-electron chi connectivity index (χ0n) is 13.9. The summed E-state index contributed by atoms with van der Waals surface area (Å²) in [4.78, 5) is 14.2. The van der Waals surface area contributed by atoms with Gasteiger partial charge in [0.15, 0.2) is 5.54 Å². The maximum Gasteiger partial charge on any atom is 0.331 e. The molecule has 1 aromatic heterocycles. The Bertz CT molecular complexity index is 713. The van der Waals surface area contributed by atoms with Gasteiger partial charge in [-0.2, -0.15) is 5.10 Å². The minimum absolute atomic E-state index is 0.572. The number of likely N-dealkylation sites (tertiary alicyclic amines) is 1. The van der Waals surface area contributed by atoms with Crippen molar-refractivity contribution in [2.45, 2.75) is 25.3 Å². The molecule has 1 aromatic carbocycles. The SMILES string of the molecule is Cc1cnn(C2(C(=O)O)CCN(C/C=C/c3ccccc3)CC2)c1. The molecule has 24 heavy (non-hydrogen) atoms. The zero-order valence-corrected chi connectivity index (χ0v) is 13.9. The van der Waals surface area contributed by atoms with Crippen LogP contribution in [-0.2, 0) is 10.3 Å². The standard InChI is InChI=1S/C19H23N3O2/c1-16-14-20-22(15-16)19(18(23)24)9-12-21(13-10-19)11-5-8-17-6-3-2-4-7-17/h2-8,14-15H,9-13H2,1H3,(H,23,24)/b8-5+. The smallest absolute Gasteiger partial charge is 0.331 e. The molecule has 126 valence electrons. The number of rotatable bonds is 5. The number of aliphatic carboxylic acids is 1. The van der Waals surface area contributed by atoms with Crippen molar-refractivity contribution >= 4 is 12.0 Å². The number of carbonyl (C=O) groups is 1. The Morgan fingerprint density at radius 2 is 2.00 bits per heavy atom. The van der Waals surface area contributed by atoms with Gasteiger partial charge in [0.05, 0.1) is 6.20 Å². The summed E-state index contributed by atoms with van der Waals surface area (Å²) in [5.41, 5.74) is 1.26. The van der Waals surface area contributed by atoms with Crippen LogP contribution in [0.3, 0.4) is 0 Å². The third-order valence-electron chi connectivity index (χ3n) is 4.71. The van der Waals surface area contributed by atoms with Gasteiger partial charge in [-0.1, -0.05) is 42.5 Å². The summed E-state index contributed by atoms with van der Waals surface area (Å²) in [7, 11) is 0. The summed E-state index contributed by atoms with van der Waals surface area (Å²) >= 11 is 0. The van der Waals surface area contributed by atoms with Crippen LogP contribution in [0.4, 0.5) is 0 Å². The lowest BCUT2D eigenvalue weighted by Crippen LogP contribution is -2.51. The van der Waals surface area contributed by atoms with Gasteiger partial charge in [0, 0.05) is 25.8 Å². The predicted molar refractivity (Wildman–Crippen MR) is 93.7 cm³/mol. The van der Waals surface area contributed by atoms with Gasteiger partial charge >= 0.3 is 5.97 Å². The first-order chi connectivity index (χ1) is 11.6. The van der Waals surface area contributed by atoms with Crippen LogP contribution in [0.5, 0.6) is 0 Å². The molecule has 1 aliphatic heterocycles. The lowest BCUT2D eigenvalue weighted by Gasteiger charge is -2.38. The molecule has 0 spiro atoms. The Hall–Kier alpha value is -2.40. The van der Waals surface area contributed by atoms with Gasteiger partial charge in [-0.25, -0.2) is 4.79 Å². The molecule has 0 saturated carbocycles. The number of carboxylic acid groups (broad SMARTS) is 1. The van der Waals surface area contributed by atoms with E-state index in [9.17, 15) is 9.90 Å². The fourth-order valence-electron chi connectivity index (χ4n) is 3.20. The van der Waals surface area contributed by atoms with E-state index in [-0.39, 0.29) is 0 Å². The normalized spacial score (nSPS) is 18.0. The van der Waals surface area contributed by atoms with E-state index in [1.54, 1.807) is 10.9 Å². The number of hydrogen-bond donors (Lipinski definition) is 1. The first-order valence-corrected chi connectivity index (χ1v) is 8.29. The highest BCUT2D eigenvalue weighted by Crippen LogP contribution is 2.30. The van der Waals surface area contributed by atoms with Crippen molar-refractivity contribution < 1.29 is 9.90 Å². The van der Waals surface area contributed by atoms with Gasteiger partial charge in [-0.3, -0.25) is 9.58 Å². The number of carboxylic acids is 1. The molecule has 0 aliphatic carbocycles. The van der Waals surface area contributed by atoms with Gasteiger partial charge in [-0.15, -0.1) is 0 Å². The van der Waals surface area contributed by atoms with E-state index in [1.807, 2.05) is 31.3 Å². The van der Waals surface area contributed by atoms with Crippen molar-refractivity contribution in [3.8, 4) is 0 Å². The van der Waals surface area contributed by atoms with E-state index in [0.29, 0.717) is 12.8 Å². The highest BCUT2D eigenvalue weighted by atomic mass is 16.4. The quantitative estimate of drug-likeness (QED) is 0.918. The molecule has 0 radical (unpaired) electrons. The Morgan fingerprint density at radius 3 is 2.58 bits per heavy atom. The summed E-state index contributed by atoms with van der Waals surface area (Å²) in [5, 5.41) is 14.0. The van der Waals surface area contributed by atoms with Crippen molar-refractivity contribution in [3.63, 3.8) is 0 Å². The Balaban J connectivity index is 1.61. The van der Waals surface area contributed by atoms with Gasteiger partial charge in [0.25, 0.3) is 0 Å². The molecule has 2 heterocycles. The molecule has 0 bridgehead atoms. The summed E-state index contributed by atoms with van der Waals surface area (Å²) in [6.45, 7) is 4.28. The van der Waals surface area contributed by atoms with Crippen molar-refractivity contribution in [3.05, 3.63) is 59.9 Å². The number of piperidine rings is 1. The van der Waals surface area contributed by atoms with Crippen molar-refractivity contribution in [1.82, 2.24) is 14.7 Å². The largest absolute Gasteiger partial charge is 0.479 e. The number of benzene rings is 1. The van der Waals surface area contributed by atoms with Crippen LogP contribution in [0.15, 0.2) is 48.8 Å². The second-order valence-corrected chi connectivity index (χ2v) is 6.41. The lowest BCUT2D eigenvalue weighted by atomic mass is 9.87. The fraction of sp³-hybridized carbons (Fsp3) is 0.368. The Labute approximate surface area is 142 Å². The van der Waals surface area contributed by atoms with E-state index in [4.69, 9.17) is 0 Å². The van der Waals surface area contributed by atoms with E-state index in [0.717, 1.165) is 25.2 Å². The van der Waals surface area contributed by atoms with Crippen molar-refractivity contribution in [2.24, 2.45) is 0 Å². The van der Waals surface area contributed by atoms with Crippen molar-refractivity contribution in [1.29, 1.82) is 0 Å². The van der Waals surface area contributed by atoms with Crippen LogP contribution in [-0.4, -0.2) is 45.4 Å². The molecule has 5 nitrogen and oxygen atoms in total. The van der Waals surface area contributed by atoms with Crippen LogP contribution >= 0.6 is 0 Å².